The molecule has 0 bridgehead atoms. The summed E-state index contributed by atoms with van der Waals surface area (Å²) in [6.45, 7) is 0.276. The summed E-state index contributed by atoms with van der Waals surface area (Å²) < 4.78 is 133. The number of esters is 1. The molecular weight excluding hydrogens is 667 g/mol. The van der Waals surface area contributed by atoms with Gasteiger partial charge in [0.1, 0.15) is 0 Å². The summed E-state index contributed by atoms with van der Waals surface area (Å²) in [5, 5.41) is 11.6. The Kier molecular flexibility index (Phi) is 12.5. The molecular formula is C30H29F9N4O5. The summed E-state index contributed by atoms with van der Waals surface area (Å²) in [6.07, 6.45) is -13.2. The Labute approximate surface area is 267 Å². The molecule has 0 amide bonds. The Bertz CT molecular complexity index is 1510. The second kappa shape index (κ2) is 15.9. The third-order valence-corrected chi connectivity index (χ3v) is 6.47. The molecule has 0 saturated heterocycles. The normalized spacial score (nSPS) is 12.0. The van der Waals surface area contributed by atoms with Gasteiger partial charge in [0.2, 0.25) is 5.95 Å². The van der Waals surface area contributed by atoms with E-state index in [4.69, 9.17) is 14.6 Å². The Balaban J connectivity index is 2.05. The average molecular weight is 697 g/mol. The number of rotatable bonds is 15. The SMILES string of the molecule is CCOC(=O)CCNc1ccc(C(F)(F)F)cc1CN(Cc1cc(C(F)(F)F)cc(C(F)(F)F)c1)c1ncc(OCCCC(=O)O)cn1. The minimum absolute atomic E-state index is 0.0444. The van der Waals surface area contributed by atoms with E-state index in [1.165, 1.54) is 0 Å². The summed E-state index contributed by atoms with van der Waals surface area (Å²) >= 11 is 0. The molecule has 2 N–H and O–H groups in total. The number of nitrogens with one attached hydrogen (secondary N) is 1. The van der Waals surface area contributed by atoms with Crippen molar-refractivity contribution in [2.75, 3.05) is 30.0 Å². The van der Waals surface area contributed by atoms with E-state index < -0.39 is 65.8 Å². The van der Waals surface area contributed by atoms with Crippen molar-refractivity contribution in [2.24, 2.45) is 0 Å². The summed E-state index contributed by atoms with van der Waals surface area (Å²) in [6, 6.07) is 3.48. The van der Waals surface area contributed by atoms with Crippen LogP contribution in [0.2, 0.25) is 0 Å². The Morgan fingerprint density at radius 3 is 1.98 bits per heavy atom. The van der Waals surface area contributed by atoms with Crippen molar-refractivity contribution in [3.05, 3.63) is 76.6 Å². The maximum absolute atomic E-state index is 13.7. The topological polar surface area (TPSA) is 114 Å². The van der Waals surface area contributed by atoms with Crippen LogP contribution in [0.3, 0.4) is 0 Å². The van der Waals surface area contributed by atoms with Crippen molar-refractivity contribution < 1.29 is 63.7 Å². The van der Waals surface area contributed by atoms with Gasteiger partial charge in [-0.25, -0.2) is 9.97 Å². The number of nitrogens with zero attached hydrogens (tertiary/aromatic N) is 3. The standard InChI is InChI=1S/C30H29F9N4O5/c1-2-47-26(46)7-8-40-24-6-5-20(28(31,32)33)12-19(24)17-43(27-41-14-23(15-42-27)48-9-3-4-25(44)45)16-18-10-21(29(34,35)36)13-22(11-18)30(37,38)39/h5-6,10-15,40H,2-4,7-9,16-17H2,1H3,(H,44,45). The molecule has 9 nitrogen and oxygen atoms in total. The summed E-state index contributed by atoms with van der Waals surface area (Å²) in [4.78, 5) is 31.7. The van der Waals surface area contributed by atoms with Gasteiger partial charge in [-0.3, -0.25) is 9.59 Å². The highest BCUT2D eigenvalue weighted by molar-refractivity contribution is 5.70. The lowest BCUT2D eigenvalue weighted by atomic mass is 10.0. The number of hydrogen-bond acceptors (Lipinski definition) is 8. The van der Waals surface area contributed by atoms with Crippen LogP contribution in [0.5, 0.6) is 5.75 Å². The molecule has 1 aromatic heterocycles. The number of carboxylic acids is 1. The molecule has 2 aromatic carbocycles. The van der Waals surface area contributed by atoms with E-state index in [1.807, 2.05) is 0 Å². The van der Waals surface area contributed by atoms with E-state index in [9.17, 15) is 49.1 Å². The molecule has 0 aliphatic carbocycles. The van der Waals surface area contributed by atoms with Crippen LogP contribution in [0.25, 0.3) is 0 Å². The quantitative estimate of drug-likeness (QED) is 0.0957. The van der Waals surface area contributed by atoms with Crippen molar-refractivity contribution in [1.82, 2.24) is 9.97 Å². The summed E-state index contributed by atoms with van der Waals surface area (Å²) in [5.41, 5.74) is -4.82. The molecule has 0 unspecified atom stereocenters. The van der Waals surface area contributed by atoms with Crippen LogP contribution in [0.4, 0.5) is 51.1 Å². The third kappa shape index (κ3) is 11.5. The van der Waals surface area contributed by atoms with Gasteiger partial charge in [-0.1, -0.05) is 0 Å². The van der Waals surface area contributed by atoms with Crippen LogP contribution in [-0.4, -0.2) is 46.8 Å². The second-order valence-electron chi connectivity index (χ2n) is 10.2. The number of carboxylic acid groups (broad SMARTS) is 1. The largest absolute Gasteiger partial charge is 0.490 e. The van der Waals surface area contributed by atoms with E-state index in [2.05, 4.69) is 15.3 Å². The van der Waals surface area contributed by atoms with Gasteiger partial charge in [0.15, 0.2) is 5.75 Å². The van der Waals surface area contributed by atoms with Crippen molar-refractivity contribution in [3.8, 4) is 5.75 Å². The van der Waals surface area contributed by atoms with Gasteiger partial charge in [0.05, 0.1) is 48.7 Å². The fraction of sp³-hybridized carbons (Fsp3) is 0.400. The van der Waals surface area contributed by atoms with E-state index in [0.29, 0.717) is 12.1 Å². The van der Waals surface area contributed by atoms with Gasteiger partial charge in [0.25, 0.3) is 0 Å². The molecule has 262 valence electrons. The molecule has 0 saturated carbocycles. The monoisotopic (exact) mass is 696 g/mol. The van der Waals surface area contributed by atoms with Crippen molar-refractivity contribution >= 4 is 23.6 Å². The maximum Gasteiger partial charge on any atom is 0.416 e. The lowest BCUT2D eigenvalue weighted by molar-refractivity contribution is -0.144. The zero-order chi connectivity index (χ0) is 35.7. The third-order valence-electron chi connectivity index (χ3n) is 6.47. The van der Waals surface area contributed by atoms with Gasteiger partial charge in [-0.2, -0.15) is 39.5 Å². The number of anilines is 2. The van der Waals surface area contributed by atoms with Crippen molar-refractivity contribution in [3.63, 3.8) is 0 Å². The molecule has 0 atom stereocenters. The molecule has 0 fully saturated rings. The molecule has 48 heavy (non-hydrogen) atoms. The van der Waals surface area contributed by atoms with Crippen LogP contribution in [-0.2, 0) is 45.9 Å². The van der Waals surface area contributed by atoms with E-state index in [-0.39, 0.29) is 68.0 Å². The lowest BCUT2D eigenvalue weighted by Crippen LogP contribution is -2.26. The zero-order valence-corrected chi connectivity index (χ0v) is 25.1. The first-order chi connectivity index (χ1) is 22.4. The Morgan fingerprint density at radius 1 is 0.833 bits per heavy atom. The Hall–Kier alpha value is -4.77. The highest BCUT2D eigenvalue weighted by Gasteiger charge is 2.37. The number of benzene rings is 2. The predicted octanol–water partition coefficient (Wildman–Crippen LogP) is 7.35. The highest BCUT2D eigenvalue weighted by Crippen LogP contribution is 2.37. The van der Waals surface area contributed by atoms with Gasteiger partial charge >= 0.3 is 30.5 Å². The lowest BCUT2D eigenvalue weighted by Gasteiger charge is -2.26. The number of aliphatic carboxylic acids is 1. The van der Waals surface area contributed by atoms with Gasteiger partial charge in [-0.05, 0) is 60.9 Å². The van der Waals surface area contributed by atoms with E-state index in [1.54, 1.807) is 6.92 Å². The second-order valence-corrected chi connectivity index (χ2v) is 10.2. The first-order valence-corrected chi connectivity index (χ1v) is 14.2. The minimum atomic E-state index is -5.16. The molecule has 0 aliphatic rings. The number of aromatic nitrogens is 2. The van der Waals surface area contributed by atoms with Gasteiger partial charge in [-0.15, -0.1) is 0 Å². The number of hydrogen-bond donors (Lipinski definition) is 2. The minimum Gasteiger partial charge on any atom is -0.490 e. The number of alkyl halides is 9. The van der Waals surface area contributed by atoms with Crippen LogP contribution < -0.4 is 15.0 Å². The average Bonchev–Trinajstić information content (AvgIpc) is 2.98. The van der Waals surface area contributed by atoms with Crippen LogP contribution >= 0.6 is 0 Å². The number of halogens is 9. The number of carbonyl (C=O) groups is 2. The molecule has 0 spiro atoms. The van der Waals surface area contributed by atoms with Gasteiger partial charge < -0.3 is 24.8 Å². The highest BCUT2D eigenvalue weighted by atomic mass is 19.4. The molecule has 18 heteroatoms. The van der Waals surface area contributed by atoms with Crippen LogP contribution in [0, 0.1) is 0 Å². The molecule has 0 radical (unpaired) electrons. The zero-order valence-electron chi connectivity index (χ0n) is 25.1. The first kappa shape index (κ1) is 37.7. The van der Waals surface area contributed by atoms with Crippen molar-refractivity contribution in [1.29, 1.82) is 0 Å². The fourth-order valence-electron chi connectivity index (χ4n) is 4.30. The molecule has 3 rings (SSSR count). The Morgan fingerprint density at radius 2 is 1.44 bits per heavy atom. The van der Waals surface area contributed by atoms with E-state index in [0.717, 1.165) is 35.5 Å². The molecule has 3 aromatic rings. The van der Waals surface area contributed by atoms with E-state index >= 15 is 0 Å². The summed E-state index contributed by atoms with van der Waals surface area (Å²) in [7, 11) is 0. The van der Waals surface area contributed by atoms with Crippen LogP contribution in [0.15, 0.2) is 48.8 Å². The number of ether oxygens (including phenoxy) is 2. The molecule has 1 heterocycles. The molecule has 0 aliphatic heterocycles. The maximum atomic E-state index is 13.7. The van der Waals surface area contributed by atoms with Gasteiger partial charge in [0, 0.05) is 31.7 Å². The first-order valence-electron chi connectivity index (χ1n) is 14.2. The summed E-state index contributed by atoms with van der Waals surface area (Å²) in [5.74, 6) is -1.91. The predicted molar refractivity (Wildman–Crippen MR) is 152 cm³/mol. The number of carbonyl (C=O) groups excluding carboxylic acids is 1. The van der Waals surface area contributed by atoms with Crippen molar-refractivity contribution in [2.45, 2.75) is 57.8 Å². The fourth-order valence-corrected chi connectivity index (χ4v) is 4.30. The smallest absolute Gasteiger partial charge is 0.416 e. The van der Waals surface area contributed by atoms with Crippen LogP contribution in [0.1, 0.15) is 54.0 Å².